The second kappa shape index (κ2) is 10.7. The molecule has 0 aliphatic carbocycles. The summed E-state index contributed by atoms with van der Waals surface area (Å²) in [5.41, 5.74) is 2.02. The fourth-order valence-electron chi connectivity index (χ4n) is 1.36. The molecule has 3 N–H and O–H groups in total. The smallest absolute Gasteiger partial charge is 0.115 e. The molecule has 0 aliphatic heterocycles. The summed E-state index contributed by atoms with van der Waals surface area (Å²) < 4.78 is 11.5. The topological polar surface area (TPSA) is 52.5 Å². The van der Waals surface area contributed by atoms with E-state index in [-0.39, 0.29) is 0 Å². The fourth-order valence-corrected chi connectivity index (χ4v) is 1.36. The molecule has 0 atom stereocenters. The van der Waals surface area contributed by atoms with Gasteiger partial charge >= 0.3 is 0 Å². The zero-order valence-corrected chi connectivity index (χ0v) is 11.9. The lowest BCUT2D eigenvalue weighted by atomic mass is 10.3. The minimum absolute atomic E-state index is 0.322. The van der Waals surface area contributed by atoms with Crippen LogP contribution < -0.4 is 5.54 Å². The summed E-state index contributed by atoms with van der Waals surface area (Å²) in [6, 6.07) is 26.1. The number of hydrogen-bond donors (Lipinski definition) is 3. The van der Waals surface area contributed by atoms with Crippen LogP contribution in [0.1, 0.15) is 0 Å². The van der Waals surface area contributed by atoms with E-state index >= 15 is 0 Å². The highest BCUT2D eigenvalue weighted by Gasteiger charge is 1.80. The van der Waals surface area contributed by atoms with E-state index in [0.29, 0.717) is 17.2 Å². The number of nitrogens with one attached hydrogen (secondary N) is 1. The number of para-hydroxylation sites is 3. The molecule has 0 spiro atoms. The highest BCUT2D eigenvalue weighted by Crippen LogP contribution is 2.04. The molecule has 22 heavy (non-hydrogen) atoms. The molecule has 3 nitrogen and oxygen atoms in total. The molecular formula is C18H18FNO2. The highest BCUT2D eigenvalue weighted by molar-refractivity contribution is 5.39. The third-order valence-corrected chi connectivity index (χ3v) is 2.40. The third kappa shape index (κ3) is 8.22. The molecule has 0 aliphatic rings. The van der Waals surface area contributed by atoms with E-state index < -0.39 is 0 Å². The Labute approximate surface area is 129 Å². The Morgan fingerprint density at radius 2 is 0.864 bits per heavy atom. The van der Waals surface area contributed by atoms with Crippen molar-refractivity contribution in [3.8, 4) is 11.5 Å². The Balaban J connectivity index is 0.000000166. The molecule has 0 radical (unpaired) electrons. The molecule has 0 saturated carbocycles. The molecule has 0 unspecified atom stereocenters. The predicted molar refractivity (Wildman–Crippen MR) is 87.4 cm³/mol. The third-order valence-electron chi connectivity index (χ3n) is 2.40. The average Bonchev–Trinajstić information content (AvgIpc) is 2.58. The Morgan fingerprint density at radius 3 is 1.05 bits per heavy atom. The second-order valence-electron chi connectivity index (χ2n) is 4.13. The Hall–Kier alpha value is -3.01. The van der Waals surface area contributed by atoms with Gasteiger partial charge in [0.15, 0.2) is 0 Å². The summed E-state index contributed by atoms with van der Waals surface area (Å²) in [6.07, 6.45) is 0. The maximum Gasteiger partial charge on any atom is 0.115 e. The van der Waals surface area contributed by atoms with E-state index in [9.17, 15) is 4.48 Å². The van der Waals surface area contributed by atoms with Crippen LogP contribution in [-0.4, -0.2) is 10.2 Å². The predicted octanol–water partition coefficient (Wildman–Crippen LogP) is 4.77. The van der Waals surface area contributed by atoms with Gasteiger partial charge in [-0.3, -0.25) is 0 Å². The van der Waals surface area contributed by atoms with Crippen molar-refractivity contribution in [3.63, 3.8) is 0 Å². The minimum atomic E-state index is 0.322. The highest BCUT2D eigenvalue weighted by atomic mass is 19.2. The quantitative estimate of drug-likeness (QED) is 0.567. The van der Waals surface area contributed by atoms with Gasteiger partial charge in [-0.05, 0) is 36.4 Å². The first-order chi connectivity index (χ1) is 10.7. The number of rotatable bonds is 1. The lowest BCUT2D eigenvalue weighted by molar-refractivity contribution is 0.475. The molecule has 0 bridgehead atoms. The van der Waals surface area contributed by atoms with Crippen LogP contribution >= 0.6 is 0 Å². The molecule has 0 amide bonds. The van der Waals surface area contributed by atoms with Gasteiger partial charge in [0, 0.05) is 0 Å². The SMILES string of the molecule is FNc1ccccc1.Oc1ccccc1.Oc1ccccc1. The van der Waals surface area contributed by atoms with Gasteiger partial charge in [0.05, 0.1) is 5.69 Å². The summed E-state index contributed by atoms with van der Waals surface area (Å²) >= 11 is 0. The minimum Gasteiger partial charge on any atom is -0.508 e. The zero-order chi connectivity index (χ0) is 16.0. The van der Waals surface area contributed by atoms with Crippen molar-refractivity contribution in [3.05, 3.63) is 91.0 Å². The average molecular weight is 299 g/mol. The van der Waals surface area contributed by atoms with Crippen molar-refractivity contribution in [2.24, 2.45) is 0 Å². The van der Waals surface area contributed by atoms with E-state index in [1.165, 1.54) is 5.54 Å². The van der Waals surface area contributed by atoms with Crippen LogP contribution in [0.5, 0.6) is 11.5 Å². The molecule has 4 heteroatoms. The summed E-state index contributed by atoms with van der Waals surface area (Å²) in [5.74, 6) is 0.644. The number of phenols is 2. The van der Waals surface area contributed by atoms with Crippen LogP contribution in [-0.2, 0) is 0 Å². The molecule has 3 rings (SSSR count). The molecule has 3 aromatic rings. The summed E-state index contributed by atoms with van der Waals surface area (Å²) in [4.78, 5) is 0. The van der Waals surface area contributed by atoms with Gasteiger partial charge in [0.2, 0.25) is 0 Å². The Bertz CT molecular complexity index is 566. The van der Waals surface area contributed by atoms with E-state index in [1.807, 2.05) is 18.2 Å². The second-order valence-corrected chi connectivity index (χ2v) is 4.13. The largest absolute Gasteiger partial charge is 0.508 e. The van der Waals surface area contributed by atoms with Crippen molar-refractivity contribution >= 4 is 5.69 Å². The van der Waals surface area contributed by atoms with Crippen molar-refractivity contribution in [1.82, 2.24) is 0 Å². The number of anilines is 1. The fraction of sp³-hybridized carbons (Fsp3) is 0. The van der Waals surface area contributed by atoms with Crippen LogP contribution in [0.15, 0.2) is 91.0 Å². The van der Waals surface area contributed by atoms with Crippen molar-refractivity contribution in [2.75, 3.05) is 5.54 Å². The van der Waals surface area contributed by atoms with E-state index in [2.05, 4.69) is 0 Å². The number of halogens is 1. The summed E-state index contributed by atoms with van der Waals surface area (Å²) in [7, 11) is 0. The van der Waals surface area contributed by atoms with Crippen LogP contribution in [0.25, 0.3) is 0 Å². The van der Waals surface area contributed by atoms with Gasteiger partial charge in [-0.2, -0.15) is 0 Å². The van der Waals surface area contributed by atoms with Gasteiger partial charge in [0.25, 0.3) is 0 Å². The van der Waals surface area contributed by atoms with Crippen molar-refractivity contribution in [2.45, 2.75) is 0 Å². The first-order valence-corrected chi connectivity index (χ1v) is 6.62. The maximum absolute atomic E-state index is 11.5. The molecule has 0 fully saturated rings. The van der Waals surface area contributed by atoms with Gasteiger partial charge in [-0.25, -0.2) is 5.54 Å². The van der Waals surface area contributed by atoms with Crippen molar-refractivity contribution in [1.29, 1.82) is 0 Å². The molecular weight excluding hydrogens is 281 g/mol. The molecule has 3 aromatic carbocycles. The van der Waals surface area contributed by atoms with E-state index in [0.717, 1.165) is 0 Å². The van der Waals surface area contributed by atoms with Crippen LogP contribution in [0.4, 0.5) is 10.2 Å². The van der Waals surface area contributed by atoms with Crippen molar-refractivity contribution < 1.29 is 14.7 Å². The number of hydrogen-bond acceptors (Lipinski definition) is 3. The van der Waals surface area contributed by atoms with E-state index in [1.54, 1.807) is 72.8 Å². The zero-order valence-electron chi connectivity index (χ0n) is 11.9. The number of aromatic hydroxyl groups is 2. The molecule has 0 saturated heterocycles. The van der Waals surface area contributed by atoms with Crippen LogP contribution in [0, 0.1) is 0 Å². The van der Waals surface area contributed by atoms with Gasteiger partial charge < -0.3 is 10.2 Å². The Kier molecular flexibility index (Phi) is 8.32. The first kappa shape index (κ1) is 17.0. The van der Waals surface area contributed by atoms with Crippen LogP contribution in [0.3, 0.4) is 0 Å². The Morgan fingerprint density at radius 1 is 0.545 bits per heavy atom. The van der Waals surface area contributed by atoms with Crippen LogP contribution in [0.2, 0.25) is 0 Å². The maximum atomic E-state index is 11.5. The summed E-state index contributed by atoms with van der Waals surface area (Å²) in [5, 5.41) is 17.3. The lowest BCUT2D eigenvalue weighted by Crippen LogP contribution is -1.77. The number of phenolic OH excluding ortho intramolecular Hbond substituents is 2. The lowest BCUT2D eigenvalue weighted by Gasteiger charge is -1.89. The summed E-state index contributed by atoms with van der Waals surface area (Å²) in [6.45, 7) is 0. The normalized spacial score (nSPS) is 8.59. The monoisotopic (exact) mass is 299 g/mol. The standard InChI is InChI=1S/C6H6FN.2C6H6O/c7-8-6-4-2-1-3-5-6;2*7-6-4-2-1-3-5-6/h1-5,8H;2*1-5,7H. The molecule has 114 valence electrons. The number of benzene rings is 3. The first-order valence-electron chi connectivity index (χ1n) is 6.62. The molecule has 0 aromatic heterocycles. The van der Waals surface area contributed by atoms with E-state index in [4.69, 9.17) is 10.2 Å². The van der Waals surface area contributed by atoms with Gasteiger partial charge in [-0.1, -0.05) is 54.6 Å². The molecule has 0 heterocycles. The van der Waals surface area contributed by atoms with Gasteiger partial charge in [0.1, 0.15) is 11.5 Å². The van der Waals surface area contributed by atoms with Gasteiger partial charge in [-0.15, -0.1) is 4.48 Å².